The highest BCUT2D eigenvalue weighted by molar-refractivity contribution is 5.88. The monoisotopic (exact) mass is 248 g/mol. The lowest BCUT2D eigenvalue weighted by Gasteiger charge is -2.12. The number of carbonyl (C=O) groups is 1. The van der Waals surface area contributed by atoms with E-state index in [1.807, 2.05) is 24.3 Å². The Morgan fingerprint density at radius 3 is 2.50 bits per heavy atom. The molecule has 0 spiro atoms. The van der Waals surface area contributed by atoms with Crippen molar-refractivity contribution >= 4 is 11.6 Å². The fourth-order valence-corrected chi connectivity index (χ4v) is 1.95. The number of hydrogen-bond acceptors (Lipinski definition) is 3. The van der Waals surface area contributed by atoms with Crippen molar-refractivity contribution in [3.8, 4) is 0 Å². The fraction of sp³-hybridized carbons (Fsp3) is 0.500. The smallest absolute Gasteiger partial charge is 0.221 e. The first-order valence-electron chi connectivity index (χ1n) is 6.32. The summed E-state index contributed by atoms with van der Waals surface area (Å²) >= 11 is 0. The van der Waals surface area contributed by atoms with Gasteiger partial charge in [-0.05, 0) is 30.5 Å². The van der Waals surface area contributed by atoms with Gasteiger partial charge in [-0.25, -0.2) is 0 Å². The van der Waals surface area contributed by atoms with Crippen LogP contribution in [0.5, 0.6) is 0 Å². The van der Waals surface area contributed by atoms with Crippen LogP contribution in [0.1, 0.15) is 25.3 Å². The molecule has 1 fully saturated rings. The molecule has 98 valence electrons. The first-order valence-corrected chi connectivity index (χ1v) is 6.32. The van der Waals surface area contributed by atoms with Crippen molar-refractivity contribution in [2.45, 2.75) is 26.3 Å². The molecule has 4 nitrogen and oxygen atoms in total. The van der Waals surface area contributed by atoms with Gasteiger partial charge in [0.15, 0.2) is 0 Å². The molecule has 1 aliphatic carbocycles. The molecule has 3 N–H and O–H groups in total. The Morgan fingerprint density at radius 2 is 2.00 bits per heavy atom. The first kappa shape index (κ1) is 13.1. The largest absolute Gasteiger partial charge is 0.396 e. The van der Waals surface area contributed by atoms with Gasteiger partial charge in [-0.1, -0.05) is 12.1 Å². The fourth-order valence-electron chi connectivity index (χ4n) is 1.95. The van der Waals surface area contributed by atoms with E-state index < -0.39 is 0 Å². The third kappa shape index (κ3) is 3.55. The number of hydrogen-bond donors (Lipinski definition) is 3. The standard InChI is InChI=1S/C14H20N2O2/c1-11(18)16-13-4-2-12(3-5-13)8-15-9-14(10-17)6-7-14/h2-5,15,17H,6-10H2,1H3,(H,16,18). The zero-order chi connectivity index (χ0) is 13.0. The number of amides is 1. The summed E-state index contributed by atoms with van der Waals surface area (Å²) < 4.78 is 0. The van der Waals surface area contributed by atoms with Gasteiger partial charge < -0.3 is 15.7 Å². The zero-order valence-electron chi connectivity index (χ0n) is 10.7. The number of benzene rings is 1. The van der Waals surface area contributed by atoms with Gasteiger partial charge in [-0.3, -0.25) is 4.79 Å². The van der Waals surface area contributed by atoms with Crippen molar-refractivity contribution in [1.82, 2.24) is 5.32 Å². The number of anilines is 1. The van der Waals surface area contributed by atoms with Crippen LogP contribution in [0.4, 0.5) is 5.69 Å². The molecule has 0 aromatic heterocycles. The number of aliphatic hydroxyl groups is 1. The van der Waals surface area contributed by atoms with Crippen LogP contribution in [0, 0.1) is 5.41 Å². The molecule has 1 saturated carbocycles. The van der Waals surface area contributed by atoms with E-state index in [4.69, 9.17) is 0 Å². The Hall–Kier alpha value is -1.39. The number of rotatable bonds is 6. The third-order valence-corrected chi connectivity index (χ3v) is 3.40. The van der Waals surface area contributed by atoms with Gasteiger partial charge >= 0.3 is 0 Å². The summed E-state index contributed by atoms with van der Waals surface area (Å²) in [6, 6.07) is 7.79. The van der Waals surface area contributed by atoms with Crippen molar-refractivity contribution in [2.75, 3.05) is 18.5 Å². The number of nitrogens with one attached hydrogen (secondary N) is 2. The Morgan fingerprint density at radius 1 is 1.33 bits per heavy atom. The number of aliphatic hydroxyl groups excluding tert-OH is 1. The van der Waals surface area contributed by atoms with Crippen molar-refractivity contribution < 1.29 is 9.90 Å². The second kappa shape index (κ2) is 5.50. The Bertz CT molecular complexity index is 410. The summed E-state index contributed by atoms with van der Waals surface area (Å²) in [5, 5.41) is 15.3. The van der Waals surface area contributed by atoms with E-state index in [9.17, 15) is 9.90 Å². The summed E-state index contributed by atoms with van der Waals surface area (Å²) in [6.07, 6.45) is 2.25. The number of carbonyl (C=O) groups excluding carboxylic acids is 1. The molecule has 4 heteroatoms. The van der Waals surface area contributed by atoms with Gasteiger partial charge in [0.1, 0.15) is 0 Å². The average molecular weight is 248 g/mol. The Labute approximate surface area is 107 Å². The van der Waals surface area contributed by atoms with Crippen molar-refractivity contribution in [2.24, 2.45) is 5.41 Å². The minimum atomic E-state index is -0.0560. The van der Waals surface area contributed by atoms with Crippen LogP contribution in [0.25, 0.3) is 0 Å². The van der Waals surface area contributed by atoms with Crippen LogP contribution >= 0.6 is 0 Å². The highest BCUT2D eigenvalue weighted by Crippen LogP contribution is 2.44. The molecule has 0 atom stereocenters. The Balaban J connectivity index is 1.77. The molecule has 1 aliphatic rings. The normalized spacial score (nSPS) is 16.3. The minimum Gasteiger partial charge on any atom is -0.396 e. The molecule has 0 aliphatic heterocycles. The molecule has 0 saturated heterocycles. The second-order valence-electron chi connectivity index (χ2n) is 5.14. The second-order valence-corrected chi connectivity index (χ2v) is 5.14. The van der Waals surface area contributed by atoms with Gasteiger partial charge in [-0.2, -0.15) is 0 Å². The van der Waals surface area contributed by atoms with Crippen molar-refractivity contribution in [3.05, 3.63) is 29.8 Å². The molecule has 2 rings (SSSR count). The lowest BCUT2D eigenvalue weighted by Crippen LogP contribution is -2.26. The predicted octanol–water partition coefficient (Wildman–Crippen LogP) is 1.51. The van der Waals surface area contributed by atoms with Gasteiger partial charge in [0, 0.05) is 37.7 Å². The van der Waals surface area contributed by atoms with Gasteiger partial charge in [0.25, 0.3) is 0 Å². The van der Waals surface area contributed by atoms with E-state index in [0.717, 1.165) is 31.6 Å². The highest BCUT2D eigenvalue weighted by atomic mass is 16.3. The van der Waals surface area contributed by atoms with Gasteiger partial charge in [0.05, 0.1) is 0 Å². The van der Waals surface area contributed by atoms with E-state index in [1.54, 1.807) is 0 Å². The maximum atomic E-state index is 10.9. The SMILES string of the molecule is CC(=O)Nc1ccc(CNCC2(CO)CC2)cc1. The first-order chi connectivity index (χ1) is 8.63. The molecule has 1 aromatic rings. The quantitative estimate of drug-likeness (QED) is 0.715. The van der Waals surface area contributed by atoms with E-state index >= 15 is 0 Å². The molecule has 1 aromatic carbocycles. The molecular formula is C14H20N2O2. The van der Waals surface area contributed by atoms with Crippen molar-refractivity contribution in [1.29, 1.82) is 0 Å². The van der Waals surface area contributed by atoms with E-state index in [1.165, 1.54) is 12.5 Å². The van der Waals surface area contributed by atoms with E-state index in [0.29, 0.717) is 0 Å². The molecule has 0 heterocycles. The van der Waals surface area contributed by atoms with Crippen LogP contribution in [0.2, 0.25) is 0 Å². The molecule has 1 amide bonds. The topological polar surface area (TPSA) is 61.4 Å². The maximum absolute atomic E-state index is 10.9. The molecule has 18 heavy (non-hydrogen) atoms. The Kier molecular flexibility index (Phi) is 3.99. The van der Waals surface area contributed by atoms with Gasteiger partial charge in [0.2, 0.25) is 5.91 Å². The lowest BCUT2D eigenvalue weighted by atomic mass is 10.1. The van der Waals surface area contributed by atoms with Crippen LogP contribution in [-0.4, -0.2) is 24.2 Å². The lowest BCUT2D eigenvalue weighted by molar-refractivity contribution is -0.114. The highest BCUT2D eigenvalue weighted by Gasteiger charge is 2.41. The minimum absolute atomic E-state index is 0.0560. The average Bonchev–Trinajstić information content (AvgIpc) is 3.11. The summed E-state index contributed by atoms with van der Waals surface area (Å²) in [4.78, 5) is 10.9. The molecule has 0 radical (unpaired) electrons. The summed E-state index contributed by atoms with van der Waals surface area (Å²) in [5.74, 6) is -0.0560. The van der Waals surface area contributed by atoms with Crippen LogP contribution in [-0.2, 0) is 11.3 Å². The summed E-state index contributed by atoms with van der Waals surface area (Å²) in [7, 11) is 0. The van der Waals surface area contributed by atoms with E-state index in [2.05, 4.69) is 10.6 Å². The zero-order valence-corrected chi connectivity index (χ0v) is 10.7. The molecule has 0 bridgehead atoms. The summed E-state index contributed by atoms with van der Waals surface area (Å²) in [5.41, 5.74) is 2.15. The molecular weight excluding hydrogens is 228 g/mol. The van der Waals surface area contributed by atoms with Crippen LogP contribution in [0.3, 0.4) is 0 Å². The summed E-state index contributed by atoms with van der Waals surface area (Å²) in [6.45, 7) is 3.44. The van der Waals surface area contributed by atoms with Crippen LogP contribution < -0.4 is 10.6 Å². The maximum Gasteiger partial charge on any atom is 0.221 e. The van der Waals surface area contributed by atoms with E-state index in [-0.39, 0.29) is 17.9 Å². The predicted molar refractivity (Wildman–Crippen MR) is 71.2 cm³/mol. The van der Waals surface area contributed by atoms with Crippen LogP contribution in [0.15, 0.2) is 24.3 Å². The third-order valence-electron chi connectivity index (χ3n) is 3.40. The van der Waals surface area contributed by atoms with Crippen molar-refractivity contribution in [3.63, 3.8) is 0 Å². The van der Waals surface area contributed by atoms with Gasteiger partial charge in [-0.15, -0.1) is 0 Å². The molecule has 0 unspecified atom stereocenters.